The highest BCUT2D eigenvalue weighted by molar-refractivity contribution is 6.31. The molecule has 1 heterocycles. The van der Waals surface area contributed by atoms with Gasteiger partial charge in [0.15, 0.2) is 0 Å². The van der Waals surface area contributed by atoms with Crippen molar-refractivity contribution in [2.45, 2.75) is 33.2 Å². The quantitative estimate of drug-likeness (QED) is 0.702. The Kier molecular flexibility index (Phi) is 7.35. The molecule has 5 heteroatoms. The van der Waals surface area contributed by atoms with E-state index in [4.69, 9.17) is 16.3 Å². The lowest BCUT2D eigenvalue weighted by Gasteiger charge is -2.31. The van der Waals surface area contributed by atoms with Gasteiger partial charge in [-0.15, -0.1) is 0 Å². The lowest BCUT2D eigenvalue weighted by atomic mass is 9.95. The second kappa shape index (κ2) is 9.94. The third kappa shape index (κ3) is 5.49. The van der Waals surface area contributed by atoms with Crippen molar-refractivity contribution in [1.29, 1.82) is 0 Å². The molecule has 3 rings (SSSR count). The van der Waals surface area contributed by atoms with Gasteiger partial charge >= 0.3 is 0 Å². The van der Waals surface area contributed by atoms with E-state index in [0.717, 1.165) is 54.4 Å². The van der Waals surface area contributed by atoms with Crippen molar-refractivity contribution in [2.75, 3.05) is 26.2 Å². The Morgan fingerprint density at radius 3 is 2.64 bits per heavy atom. The summed E-state index contributed by atoms with van der Waals surface area (Å²) >= 11 is 6.25. The summed E-state index contributed by atoms with van der Waals surface area (Å²) in [6.45, 7) is 7.83. The van der Waals surface area contributed by atoms with Gasteiger partial charge in [-0.1, -0.05) is 41.9 Å². The molecule has 0 spiro atoms. The molecular formula is C23H29ClN2O2. The zero-order valence-electron chi connectivity index (χ0n) is 16.7. The van der Waals surface area contributed by atoms with Crippen molar-refractivity contribution in [3.8, 4) is 5.75 Å². The average molecular weight is 401 g/mol. The van der Waals surface area contributed by atoms with Gasteiger partial charge in [0.1, 0.15) is 12.4 Å². The molecule has 28 heavy (non-hydrogen) atoms. The van der Waals surface area contributed by atoms with Crippen molar-refractivity contribution in [3.05, 3.63) is 64.2 Å². The first-order chi connectivity index (χ1) is 13.5. The molecule has 0 aromatic heterocycles. The molecule has 0 radical (unpaired) electrons. The number of ether oxygens (including phenoxy) is 1. The van der Waals surface area contributed by atoms with Crippen LogP contribution in [0.25, 0.3) is 0 Å². The van der Waals surface area contributed by atoms with Gasteiger partial charge in [-0.3, -0.25) is 9.69 Å². The predicted octanol–water partition coefficient (Wildman–Crippen LogP) is 4.36. The summed E-state index contributed by atoms with van der Waals surface area (Å²) in [5.41, 5.74) is 3.51. The van der Waals surface area contributed by atoms with Gasteiger partial charge in [0, 0.05) is 17.5 Å². The summed E-state index contributed by atoms with van der Waals surface area (Å²) in [7, 11) is 0. The van der Waals surface area contributed by atoms with Crippen molar-refractivity contribution < 1.29 is 9.53 Å². The minimum atomic E-state index is 0.0863. The molecule has 4 nitrogen and oxygen atoms in total. The molecule has 0 unspecified atom stereocenters. The van der Waals surface area contributed by atoms with Crippen LogP contribution in [-0.4, -0.2) is 37.0 Å². The van der Waals surface area contributed by atoms with E-state index in [-0.39, 0.29) is 11.8 Å². The fourth-order valence-electron chi connectivity index (χ4n) is 3.58. The zero-order valence-corrected chi connectivity index (χ0v) is 17.5. The van der Waals surface area contributed by atoms with Crippen LogP contribution in [0.5, 0.6) is 5.75 Å². The molecule has 150 valence electrons. The summed E-state index contributed by atoms with van der Waals surface area (Å²) in [5.74, 6) is 1.12. The van der Waals surface area contributed by atoms with Crippen LogP contribution in [0.15, 0.2) is 42.5 Å². The fraction of sp³-hybridized carbons (Fsp3) is 0.435. The SMILES string of the molecule is Cc1cccc(OCCNC(=O)C2CCN(Cc3ccccc3Cl)CC2)c1C. The average Bonchev–Trinajstić information content (AvgIpc) is 2.70. The highest BCUT2D eigenvalue weighted by atomic mass is 35.5. The number of carbonyl (C=O) groups excluding carboxylic acids is 1. The Bertz CT molecular complexity index is 801. The van der Waals surface area contributed by atoms with Crippen molar-refractivity contribution in [2.24, 2.45) is 5.92 Å². The number of carbonyl (C=O) groups is 1. The Balaban J connectivity index is 1.37. The zero-order chi connectivity index (χ0) is 19.9. The maximum Gasteiger partial charge on any atom is 0.223 e. The smallest absolute Gasteiger partial charge is 0.223 e. The first-order valence-electron chi connectivity index (χ1n) is 9.97. The number of amides is 1. The summed E-state index contributed by atoms with van der Waals surface area (Å²) in [4.78, 5) is 14.8. The summed E-state index contributed by atoms with van der Waals surface area (Å²) in [6.07, 6.45) is 1.77. The number of likely N-dealkylation sites (tertiary alicyclic amines) is 1. The van der Waals surface area contributed by atoms with E-state index in [9.17, 15) is 4.79 Å². The minimum absolute atomic E-state index is 0.0863. The molecular weight excluding hydrogens is 372 g/mol. The van der Waals surface area contributed by atoms with E-state index in [2.05, 4.69) is 36.2 Å². The van der Waals surface area contributed by atoms with Gasteiger partial charge < -0.3 is 10.1 Å². The predicted molar refractivity (Wildman–Crippen MR) is 114 cm³/mol. The number of hydrogen-bond acceptors (Lipinski definition) is 3. The standard InChI is InChI=1S/C23H29ClN2O2/c1-17-6-5-9-22(18(17)2)28-15-12-25-23(27)19-10-13-26(14-11-19)16-20-7-3-4-8-21(20)24/h3-9,19H,10-16H2,1-2H3,(H,25,27). The van der Waals surface area contributed by atoms with Crippen molar-refractivity contribution in [1.82, 2.24) is 10.2 Å². The van der Waals surface area contributed by atoms with Crippen LogP contribution < -0.4 is 10.1 Å². The molecule has 1 aliphatic heterocycles. The maximum atomic E-state index is 12.4. The van der Waals surface area contributed by atoms with Gasteiger partial charge in [-0.2, -0.15) is 0 Å². The summed E-state index contributed by atoms with van der Waals surface area (Å²) < 4.78 is 5.81. The van der Waals surface area contributed by atoms with Gasteiger partial charge in [-0.25, -0.2) is 0 Å². The Labute approximate surface area is 172 Å². The van der Waals surface area contributed by atoms with Crippen LogP contribution in [0.2, 0.25) is 5.02 Å². The van der Waals surface area contributed by atoms with E-state index < -0.39 is 0 Å². The molecule has 0 aliphatic carbocycles. The highest BCUT2D eigenvalue weighted by Crippen LogP contribution is 2.23. The van der Waals surface area contributed by atoms with E-state index in [1.165, 1.54) is 5.56 Å². The Morgan fingerprint density at radius 1 is 1.14 bits per heavy atom. The number of hydrogen-bond donors (Lipinski definition) is 1. The summed E-state index contributed by atoms with van der Waals surface area (Å²) in [6, 6.07) is 14.0. The molecule has 1 saturated heterocycles. The Hall–Kier alpha value is -2.04. The van der Waals surface area contributed by atoms with E-state index >= 15 is 0 Å². The molecule has 1 amide bonds. The van der Waals surface area contributed by atoms with Gasteiger partial charge in [0.05, 0.1) is 6.54 Å². The number of nitrogens with zero attached hydrogens (tertiary/aromatic N) is 1. The second-order valence-electron chi connectivity index (χ2n) is 7.48. The van der Waals surface area contributed by atoms with Crippen LogP contribution in [0.3, 0.4) is 0 Å². The van der Waals surface area contributed by atoms with Gasteiger partial charge in [0.25, 0.3) is 0 Å². The van der Waals surface area contributed by atoms with Crippen LogP contribution in [0.4, 0.5) is 0 Å². The topological polar surface area (TPSA) is 41.6 Å². The molecule has 1 N–H and O–H groups in total. The van der Waals surface area contributed by atoms with Gasteiger partial charge in [0.2, 0.25) is 5.91 Å². The number of nitrogens with one attached hydrogen (secondary N) is 1. The normalized spacial score (nSPS) is 15.4. The third-order valence-electron chi connectivity index (χ3n) is 5.52. The lowest BCUT2D eigenvalue weighted by Crippen LogP contribution is -2.41. The second-order valence-corrected chi connectivity index (χ2v) is 7.89. The fourth-order valence-corrected chi connectivity index (χ4v) is 3.78. The van der Waals surface area contributed by atoms with E-state index in [1.807, 2.05) is 30.3 Å². The van der Waals surface area contributed by atoms with Crippen LogP contribution in [-0.2, 0) is 11.3 Å². The summed E-state index contributed by atoms with van der Waals surface area (Å²) in [5, 5.41) is 3.84. The van der Waals surface area contributed by atoms with E-state index in [1.54, 1.807) is 0 Å². The molecule has 0 saturated carbocycles. The number of halogens is 1. The number of aryl methyl sites for hydroxylation is 1. The first kappa shape index (κ1) is 20.7. The van der Waals surface area contributed by atoms with Crippen LogP contribution in [0, 0.1) is 19.8 Å². The number of piperidine rings is 1. The van der Waals surface area contributed by atoms with Crippen LogP contribution in [0.1, 0.15) is 29.5 Å². The molecule has 2 aromatic carbocycles. The monoisotopic (exact) mass is 400 g/mol. The van der Waals surface area contributed by atoms with Crippen molar-refractivity contribution >= 4 is 17.5 Å². The largest absolute Gasteiger partial charge is 0.491 e. The minimum Gasteiger partial charge on any atom is -0.491 e. The lowest BCUT2D eigenvalue weighted by molar-refractivity contribution is -0.126. The number of rotatable bonds is 7. The van der Waals surface area contributed by atoms with Gasteiger partial charge in [-0.05, 0) is 68.6 Å². The maximum absolute atomic E-state index is 12.4. The highest BCUT2D eigenvalue weighted by Gasteiger charge is 2.25. The third-order valence-corrected chi connectivity index (χ3v) is 5.89. The van der Waals surface area contributed by atoms with Crippen LogP contribution >= 0.6 is 11.6 Å². The molecule has 0 atom stereocenters. The first-order valence-corrected chi connectivity index (χ1v) is 10.3. The molecule has 1 fully saturated rings. The molecule has 1 aliphatic rings. The van der Waals surface area contributed by atoms with E-state index in [0.29, 0.717) is 13.2 Å². The molecule has 2 aromatic rings. The Morgan fingerprint density at radius 2 is 1.89 bits per heavy atom. The number of benzene rings is 2. The van der Waals surface area contributed by atoms with Crippen molar-refractivity contribution in [3.63, 3.8) is 0 Å². The molecule has 0 bridgehead atoms.